The van der Waals surface area contributed by atoms with Crippen molar-refractivity contribution in [2.75, 3.05) is 39.8 Å². The molecule has 3 rings (SSSR count). The third kappa shape index (κ3) is 9.41. The van der Waals surface area contributed by atoms with E-state index < -0.39 is 40.3 Å². The molecule has 1 fully saturated rings. The molecule has 0 radical (unpaired) electrons. The fraction of sp³-hybridized carbons (Fsp3) is 0.517. The molecule has 2 atom stereocenters. The molecule has 2 aromatic carbocycles. The fourth-order valence-corrected chi connectivity index (χ4v) is 6.39. The van der Waals surface area contributed by atoms with E-state index >= 15 is 0 Å². The van der Waals surface area contributed by atoms with E-state index in [4.69, 9.17) is 5.84 Å². The lowest BCUT2D eigenvalue weighted by molar-refractivity contribution is -0.141. The Bertz CT molecular complexity index is 1370. The van der Waals surface area contributed by atoms with Crippen LogP contribution < -0.4 is 10.6 Å². The third-order valence-corrected chi connectivity index (χ3v) is 8.90. The quantitative estimate of drug-likeness (QED) is 0.121. The zero-order valence-electron chi connectivity index (χ0n) is 24.3. The van der Waals surface area contributed by atoms with Gasteiger partial charge in [-0.05, 0) is 48.1 Å². The molecule has 12 nitrogen and oxygen atoms in total. The number of hydrogen-bond acceptors (Lipinski definition) is 7. The highest BCUT2D eigenvalue weighted by atomic mass is 32.2. The summed E-state index contributed by atoms with van der Waals surface area (Å²) >= 11 is 0. The molecule has 1 saturated heterocycles. The molecule has 0 saturated carbocycles. The van der Waals surface area contributed by atoms with Crippen molar-refractivity contribution in [2.24, 2.45) is 16.9 Å². The lowest BCUT2D eigenvalue weighted by Gasteiger charge is -2.34. The van der Waals surface area contributed by atoms with Crippen molar-refractivity contribution in [3.8, 4) is 0 Å². The molecule has 13 heteroatoms. The number of amides is 2. The second-order valence-electron chi connectivity index (χ2n) is 10.8. The largest absolute Gasteiger partial charge is 0.481 e. The maximum absolute atomic E-state index is 13.7. The summed E-state index contributed by atoms with van der Waals surface area (Å²) in [6, 6.07) is 10.6. The molecule has 230 valence electrons. The minimum Gasteiger partial charge on any atom is -0.481 e. The number of likely N-dealkylation sites (tertiary alicyclic amines) is 1. The Balaban J connectivity index is 1.84. The maximum Gasteiger partial charge on any atom is 0.305 e. The molecule has 2 aromatic rings. The smallest absolute Gasteiger partial charge is 0.305 e. The van der Waals surface area contributed by atoms with Crippen LogP contribution in [0.3, 0.4) is 0 Å². The van der Waals surface area contributed by atoms with Crippen LogP contribution in [0.15, 0.2) is 52.5 Å². The van der Waals surface area contributed by atoms with Crippen molar-refractivity contribution < 1.29 is 27.9 Å². The van der Waals surface area contributed by atoms with E-state index in [0.29, 0.717) is 24.9 Å². The summed E-state index contributed by atoms with van der Waals surface area (Å²) in [7, 11) is -2.58. The zero-order chi connectivity index (χ0) is 30.7. The fourth-order valence-electron chi connectivity index (χ4n) is 5.17. The highest BCUT2D eigenvalue weighted by Gasteiger charge is 2.33. The van der Waals surface area contributed by atoms with Crippen molar-refractivity contribution in [3.05, 3.63) is 42.5 Å². The van der Waals surface area contributed by atoms with Gasteiger partial charge >= 0.3 is 5.97 Å². The average Bonchev–Trinajstić information content (AvgIpc) is 2.96. The van der Waals surface area contributed by atoms with E-state index in [0.717, 1.165) is 31.2 Å². The van der Waals surface area contributed by atoms with Crippen molar-refractivity contribution in [3.63, 3.8) is 0 Å². The number of sulfonamides is 1. The van der Waals surface area contributed by atoms with Crippen molar-refractivity contribution in [2.45, 2.75) is 56.4 Å². The number of benzene rings is 2. The first-order valence-electron chi connectivity index (χ1n) is 14.3. The Kier molecular flexibility index (Phi) is 12.1. The molecular weight excluding hydrogens is 560 g/mol. The van der Waals surface area contributed by atoms with Crippen LogP contribution in [-0.4, -0.2) is 98.2 Å². The molecule has 0 aromatic heterocycles. The molecule has 1 aliphatic heterocycles. The topological polar surface area (TPSA) is 166 Å². The minimum atomic E-state index is -4.21. The Morgan fingerprint density at radius 2 is 1.93 bits per heavy atom. The second-order valence-corrected chi connectivity index (χ2v) is 12.5. The monoisotopic (exact) mass is 602 g/mol. The van der Waals surface area contributed by atoms with E-state index in [-0.39, 0.29) is 30.3 Å². The molecule has 0 bridgehead atoms. The van der Waals surface area contributed by atoms with Gasteiger partial charge in [-0.3, -0.25) is 14.4 Å². The summed E-state index contributed by atoms with van der Waals surface area (Å²) in [5.41, 5.74) is 0. The number of hydrogen-bond donors (Lipinski definition) is 3. The van der Waals surface area contributed by atoms with Crippen LogP contribution in [0.2, 0.25) is 0 Å². The predicted molar refractivity (Wildman–Crippen MR) is 161 cm³/mol. The third-order valence-electron chi connectivity index (χ3n) is 7.43. The Labute approximate surface area is 247 Å². The van der Waals surface area contributed by atoms with Gasteiger partial charge in [0.15, 0.2) is 0 Å². The highest BCUT2D eigenvalue weighted by Crippen LogP contribution is 2.21. The Morgan fingerprint density at radius 3 is 2.62 bits per heavy atom. The molecule has 4 N–H and O–H groups in total. The maximum atomic E-state index is 13.7. The number of aliphatic carboxylic acids is 1. The van der Waals surface area contributed by atoms with E-state index in [1.54, 1.807) is 31.6 Å². The van der Waals surface area contributed by atoms with E-state index in [9.17, 15) is 27.9 Å². The van der Waals surface area contributed by atoms with Gasteiger partial charge in [0.05, 0.1) is 17.7 Å². The number of carbonyl (C=O) groups excluding carboxylic acids is 2. The van der Waals surface area contributed by atoms with Crippen molar-refractivity contribution in [1.29, 1.82) is 0 Å². The van der Waals surface area contributed by atoms with Gasteiger partial charge < -0.3 is 25.6 Å². The minimum absolute atomic E-state index is 0.0330. The lowest BCUT2D eigenvalue weighted by Crippen LogP contribution is -2.51. The number of carboxylic acid groups (broad SMARTS) is 1. The number of piperidine rings is 1. The predicted octanol–water partition coefficient (Wildman–Crippen LogP) is 2.05. The summed E-state index contributed by atoms with van der Waals surface area (Å²) in [6.45, 7) is 4.02. The molecular formula is C29H42N6O6S. The molecule has 42 heavy (non-hydrogen) atoms. The number of hydrazone groups is 1. The zero-order valence-corrected chi connectivity index (χ0v) is 25.1. The van der Waals surface area contributed by atoms with E-state index in [1.807, 2.05) is 24.0 Å². The van der Waals surface area contributed by atoms with Crippen LogP contribution >= 0.6 is 0 Å². The van der Waals surface area contributed by atoms with Crippen LogP contribution in [-0.2, 0) is 24.4 Å². The summed E-state index contributed by atoms with van der Waals surface area (Å²) in [6.07, 6.45) is 4.06. The Morgan fingerprint density at radius 1 is 1.19 bits per heavy atom. The van der Waals surface area contributed by atoms with Gasteiger partial charge in [0, 0.05) is 39.8 Å². The van der Waals surface area contributed by atoms with Gasteiger partial charge in [0.1, 0.15) is 12.4 Å². The number of unbranched alkanes of at least 4 members (excludes halogenated alkanes) is 1. The number of fused-ring (bicyclic) bond motifs is 1. The number of nitrogens with one attached hydrogen (secondary N) is 1. The number of carbonyl (C=O) groups is 3. The van der Waals surface area contributed by atoms with Crippen LogP contribution in [0.5, 0.6) is 0 Å². The first kappa shape index (κ1) is 32.8. The van der Waals surface area contributed by atoms with Crippen LogP contribution in [0.4, 0.5) is 0 Å². The molecule has 0 unspecified atom stereocenters. The van der Waals surface area contributed by atoms with Crippen LogP contribution in [0, 0.1) is 5.92 Å². The molecule has 1 heterocycles. The van der Waals surface area contributed by atoms with Gasteiger partial charge in [0.25, 0.3) is 0 Å². The lowest BCUT2D eigenvalue weighted by atomic mass is 9.97. The van der Waals surface area contributed by atoms with Gasteiger partial charge in [-0.1, -0.05) is 43.7 Å². The van der Waals surface area contributed by atoms with E-state index in [1.165, 1.54) is 21.9 Å². The van der Waals surface area contributed by atoms with Crippen molar-refractivity contribution >= 4 is 44.9 Å². The van der Waals surface area contributed by atoms with Crippen LogP contribution in [0.25, 0.3) is 10.8 Å². The van der Waals surface area contributed by atoms with Gasteiger partial charge in [0.2, 0.25) is 21.8 Å². The first-order valence-corrected chi connectivity index (χ1v) is 15.8. The number of carboxylic acids is 1. The number of rotatable bonds is 15. The van der Waals surface area contributed by atoms with Crippen LogP contribution in [0.1, 0.15) is 45.4 Å². The molecule has 0 spiro atoms. The summed E-state index contributed by atoms with van der Waals surface area (Å²) < 4.78 is 29.5. The SMILES string of the molecule is CCCCN(CCC(=O)O)C(=O)[C@H](CC(=O)N(C)C[C@@H]1CCCN(C=NN)C1)NS(=O)(=O)c1ccc2ccccc2c1. The molecule has 2 amide bonds. The Hall–Kier alpha value is -3.71. The number of nitrogens with two attached hydrogens (primary N) is 1. The van der Waals surface area contributed by atoms with Gasteiger partial charge in [-0.25, -0.2) is 8.42 Å². The molecule has 0 aliphatic carbocycles. The molecule has 1 aliphatic rings. The van der Waals surface area contributed by atoms with Gasteiger partial charge in [-0.2, -0.15) is 9.82 Å². The second kappa shape index (κ2) is 15.5. The normalized spacial score (nSPS) is 16.4. The first-order chi connectivity index (χ1) is 20.0. The number of nitrogens with zero attached hydrogens (tertiary/aromatic N) is 4. The summed E-state index contributed by atoms with van der Waals surface area (Å²) in [5.74, 6) is 3.35. The highest BCUT2D eigenvalue weighted by molar-refractivity contribution is 7.89. The van der Waals surface area contributed by atoms with E-state index in [2.05, 4.69) is 9.82 Å². The van der Waals surface area contributed by atoms with Crippen molar-refractivity contribution in [1.82, 2.24) is 19.4 Å². The standard InChI is InChI=1S/C29H42N6O6S/c1-3-4-15-35(16-13-28(37)38)29(39)26(18-27(36)33(2)19-22-8-7-14-34(20-22)21-31-30)32-42(40,41)25-12-11-23-9-5-6-10-24(23)17-25/h5-6,9-12,17,21-22,26,32H,3-4,7-8,13-16,18-20,30H2,1-2H3,(H,37,38)/t22-,26-/m0/s1. The van der Waals surface area contributed by atoms with Gasteiger partial charge in [-0.15, -0.1) is 0 Å². The summed E-state index contributed by atoms with van der Waals surface area (Å²) in [4.78, 5) is 43.3. The average molecular weight is 603 g/mol. The summed E-state index contributed by atoms with van der Waals surface area (Å²) in [5, 5.41) is 14.4.